The Labute approximate surface area is 132 Å². The standard InChI is InChI=1S/C18H23NO3/c1-20-11-10-19-15-16-6-5-9-18(14-16)22-13-12-21-17-7-3-2-4-8-17/h2-9,14,19H,10-13,15H2,1H3. The zero-order valence-corrected chi connectivity index (χ0v) is 13.0. The summed E-state index contributed by atoms with van der Waals surface area (Å²) in [6.07, 6.45) is 0. The molecule has 0 aliphatic carbocycles. The quantitative estimate of drug-likeness (QED) is 0.685. The molecule has 0 aliphatic rings. The van der Waals surface area contributed by atoms with E-state index in [4.69, 9.17) is 14.2 Å². The summed E-state index contributed by atoms with van der Waals surface area (Å²) < 4.78 is 16.3. The molecular formula is C18H23NO3. The van der Waals surface area contributed by atoms with Crippen molar-refractivity contribution in [2.45, 2.75) is 6.54 Å². The Kier molecular flexibility index (Phi) is 7.29. The van der Waals surface area contributed by atoms with Gasteiger partial charge in [0.1, 0.15) is 24.7 Å². The summed E-state index contributed by atoms with van der Waals surface area (Å²) >= 11 is 0. The number of rotatable bonds is 10. The zero-order chi connectivity index (χ0) is 15.5. The van der Waals surface area contributed by atoms with Crippen molar-refractivity contribution in [3.05, 3.63) is 60.2 Å². The Morgan fingerprint density at radius 3 is 2.32 bits per heavy atom. The van der Waals surface area contributed by atoms with Gasteiger partial charge in [0, 0.05) is 20.2 Å². The van der Waals surface area contributed by atoms with Crippen LogP contribution in [0.1, 0.15) is 5.56 Å². The minimum Gasteiger partial charge on any atom is -0.490 e. The Bertz CT molecular complexity index is 531. The lowest BCUT2D eigenvalue weighted by molar-refractivity contribution is 0.199. The van der Waals surface area contributed by atoms with Gasteiger partial charge in [-0.25, -0.2) is 0 Å². The minimum absolute atomic E-state index is 0.523. The Balaban J connectivity index is 1.69. The van der Waals surface area contributed by atoms with Crippen molar-refractivity contribution in [3.8, 4) is 11.5 Å². The molecule has 0 atom stereocenters. The highest BCUT2D eigenvalue weighted by Crippen LogP contribution is 2.13. The lowest BCUT2D eigenvalue weighted by Crippen LogP contribution is -2.18. The fraction of sp³-hybridized carbons (Fsp3) is 0.333. The fourth-order valence-corrected chi connectivity index (χ4v) is 1.99. The van der Waals surface area contributed by atoms with E-state index in [1.807, 2.05) is 48.5 Å². The van der Waals surface area contributed by atoms with E-state index in [1.54, 1.807) is 7.11 Å². The predicted molar refractivity (Wildman–Crippen MR) is 87.5 cm³/mol. The van der Waals surface area contributed by atoms with E-state index in [9.17, 15) is 0 Å². The lowest BCUT2D eigenvalue weighted by Gasteiger charge is -2.10. The molecule has 0 radical (unpaired) electrons. The van der Waals surface area contributed by atoms with Gasteiger partial charge in [-0.3, -0.25) is 0 Å². The van der Waals surface area contributed by atoms with Crippen molar-refractivity contribution in [2.75, 3.05) is 33.5 Å². The summed E-state index contributed by atoms with van der Waals surface area (Å²) in [5, 5.41) is 3.31. The number of ether oxygens (including phenoxy) is 3. The first-order valence-corrected chi connectivity index (χ1v) is 7.48. The van der Waals surface area contributed by atoms with Gasteiger partial charge in [0.15, 0.2) is 0 Å². The van der Waals surface area contributed by atoms with Crippen LogP contribution in [0.2, 0.25) is 0 Å². The van der Waals surface area contributed by atoms with Gasteiger partial charge in [-0.1, -0.05) is 30.3 Å². The summed E-state index contributed by atoms with van der Waals surface area (Å²) in [6.45, 7) is 3.41. The highest BCUT2D eigenvalue weighted by molar-refractivity contribution is 5.28. The van der Waals surface area contributed by atoms with E-state index in [0.29, 0.717) is 19.8 Å². The van der Waals surface area contributed by atoms with E-state index >= 15 is 0 Å². The van der Waals surface area contributed by atoms with Crippen LogP contribution in [0, 0.1) is 0 Å². The number of nitrogens with one attached hydrogen (secondary N) is 1. The maximum atomic E-state index is 5.72. The third-order valence-electron chi connectivity index (χ3n) is 3.07. The number of benzene rings is 2. The van der Waals surface area contributed by atoms with Crippen LogP contribution in [0.5, 0.6) is 11.5 Å². The number of hydrogen-bond acceptors (Lipinski definition) is 4. The van der Waals surface area contributed by atoms with Crippen LogP contribution in [-0.4, -0.2) is 33.5 Å². The Morgan fingerprint density at radius 1 is 0.818 bits per heavy atom. The molecule has 0 aromatic heterocycles. The zero-order valence-electron chi connectivity index (χ0n) is 13.0. The molecule has 0 spiro atoms. The molecule has 0 fully saturated rings. The van der Waals surface area contributed by atoms with E-state index in [0.717, 1.165) is 24.6 Å². The fourth-order valence-electron chi connectivity index (χ4n) is 1.99. The number of hydrogen-bond donors (Lipinski definition) is 1. The van der Waals surface area contributed by atoms with E-state index < -0.39 is 0 Å². The van der Waals surface area contributed by atoms with Crippen LogP contribution in [0.3, 0.4) is 0 Å². The maximum Gasteiger partial charge on any atom is 0.122 e. The summed E-state index contributed by atoms with van der Waals surface area (Å²) in [4.78, 5) is 0. The first-order chi connectivity index (χ1) is 10.9. The van der Waals surface area contributed by atoms with Crippen LogP contribution in [0.15, 0.2) is 54.6 Å². The molecule has 0 heterocycles. The average Bonchev–Trinajstić information content (AvgIpc) is 2.57. The van der Waals surface area contributed by atoms with Crippen LogP contribution in [-0.2, 0) is 11.3 Å². The monoisotopic (exact) mass is 301 g/mol. The smallest absolute Gasteiger partial charge is 0.122 e. The van der Waals surface area contributed by atoms with Crippen LogP contribution >= 0.6 is 0 Å². The molecule has 2 rings (SSSR count). The Hall–Kier alpha value is -2.04. The molecule has 2 aromatic rings. The van der Waals surface area contributed by atoms with Gasteiger partial charge in [0.05, 0.1) is 6.61 Å². The summed E-state index contributed by atoms with van der Waals surface area (Å²) in [5.41, 5.74) is 1.19. The van der Waals surface area contributed by atoms with Crippen molar-refractivity contribution in [1.29, 1.82) is 0 Å². The first kappa shape index (κ1) is 16.3. The first-order valence-electron chi connectivity index (χ1n) is 7.48. The summed E-state index contributed by atoms with van der Waals surface area (Å²) in [5.74, 6) is 1.73. The molecule has 0 saturated heterocycles. The number of methoxy groups -OCH3 is 1. The second-order valence-corrected chi connectivity index (χ2v) is 4.83. The van der Waals surface area contributed by atoms with Gasteiger partial charge < -0.3 is 19.5 Å². The molecule has 0 saturated carbocycles. The van der Waals surface area contributed by atoms with Gasteiger partial charge in [-0.05, 0) is 29.8 Å². The molecule has 0 amide bonds. The third kappa shape index (κ3) is 6.16. The van der Waals surface area contributed by atoms with E-state index in [2.05, 4.69) is 11.4 Å². The average molecular weight is 301 g/mol. The van der Waals surface area contributed by atoms with Gasteiger partial charge >= 0.3 is 0 Å². The van der Waals surface area contributed by atoms with Crippen molar-refractivity contribution >= 4 is 0 Å². The molecule has 2 aromatic carbocycles. The minimum atomic E-state index is 0.523. The van der Waals surface area contributed by atoms with Gasteiger partial charge in [0.2, 0.25) is 0 Å². The van der Waals surface area contributed by atoms with Gasteiger partial charge in [-0.15, -0.1) is 0 Å². The molecular weight excluding hydrogens is 278 g/mol. The van der Waals surface area contributed by atoms with E-state index in [1.165, 1.54) is 5.56 Å². The molecule has 4 heteroatoms. The molecule has 4 nitrogen and oxygen atoms in total. The summed E-state index contributed by atoms with van der Waals surface area (Å²) in [7, 11) is 1.70. The largest absolute Gasteiger partial charge is 0.490 e. The van der Waals surface area contributed by atoms with Crippen molar-refractivity contribution in [2.24, 2.45) is 0 Å². The molecule has 0 unspecified atom stereocenters. The third-order valence-corrected chi connectivity index (χ3v) is 3.07. The van der Waals surface area contributed by atoms with E-state index in [-0.39, 0.29) is 0 Å². The van der Waals surface area contributed by atoms with Crippen molar-refractivity contribution in [3.63, 3.8) is 0 Å². The molecule has 118 valence electrons. The molecule has 1 N–H and O–H groups in total. The lowest BCUT2D eigenvalue weighted by atomic mass is 10.2. The second kappa shape index (κ2) is 9.82. The Morgan fingerprint density at radius 2 is 1.55 bits per heavy atom. The predicted octanol–water partition coefficient (Wildman–Crippen LogP) is 2.88. The molecule has 22 heavy (non-hydrogen) atoms. The number of para-hydroxylation sites is 1. The highest BCUT2D eigenvalue weighted by atomic mass is 16.5. The molecule has 0 aliphatic heterocycles. The molecule has 0 bridgehead atoms. The normalized spacial score (nSPS) is 10.4. The van der Waals surface area contributed by atoms with Gasteiger partial charge in [0.25, 0.3) is 0 Å². The van der Waals surface area contributed by atoms with Crippen LogP contribution in [0.4, 0.5) is 0 Å². The van der Waals surface area contributed by atoms with Gasteiger partial charge in [-0.2, -0.15) is 0 Å². The van der Waals surface area contributed by atoms with Crippen LogP contribution < -0.4 is 14.8 Å². The maximum absolute atomic E-state index is 5.72. The summed E-state index contributed by atoms with van der Waals surface area (Å²) in [6, 6.07) is 17.8. The SMILES string of the molecule is COCCNCc1cccc(OCCOc2ccccc2)c1. The van der Waals surface area contributed by atoms with Crippen molar-refractivity contribution < 1.29 is 14.2 Å². The van der Waals surface area contributed by atoms with Crippen LogP contribution in [0.25, 0.3) is 0 Å². The second-order valence-electron chi connectivity index (χ2n) is 4.83. The van der Waals surface area contributed by atoms with Crippen molar-refractivity contribution in [1.82, 2.24) is 5.32 Å². The highest BCUT2D eigenvalue weighted by Gasteiger charge is 1.98. The topological polar surface area (TPSA) is 39.7 Å².